The second kappa shape index (κ2) is 8.12. The monoisotopic (exact) mass is 449 g/mol. The molecule has 1 aliphatic carbocycles. The molecule has 2 fully saturated rings. The molecule has 1 saturated carbocycles. The number of aromatic amines is 1. The molecule has 0 spiro atoms. The van der Waals surface area contributed by atoms with Gasteiger partial charge in [-0.1, -0.05) is 0 Å². The molecule has 3 aromatic rings. The van der Waals surface area contributed by atoms with Crippen LogP contribution in [-0.2, 0) is 17.4 Å². The van der Waals surface area contributed by atoms with Crippen LogP contribution in [0.15, 0.2) is 24.8 Å². The van der Waals surface area contributed by atoms with Crippen LogP contribution in [0.1, 0.15) is 36.9 Å². The van der Waals surface area contributed by atoms with Crippen LogP contribution in [-0.4, -0.2) is 68.0 Å². The number of fused-ring (bicyclic) bond motifs is 3. The average Bonchev–Trinajstić information content (AvgIpc) is 3.44. The van der Waals surface area contributed by atoms with Crippen LogP contribution in [0.4, 0.5) is 11.5 Å². The Morgan fingerprint density at radius 1 is 1.18 bits per heavy atom. The van der Waals surface area contributed by atoms with Crippen molar-refractivity contribution in [3.05, 3.63) is 36.1 Å². The summed E-state index contributed by atoms with van der Waals surface area (Å²) in [4.78, 5) is 15.1. The van der Waals surface area contributed by atoms with Crippen LogP contribution in [0, 0.1) is 0 Å². The fourth-order valence-electron chi connectivity index (χ4n) is 5.39. The Morgan fingerprint density at radius 2 is 2.00 bits per heavy atom. The maximum Gasteiger partial charge on any atom is 0.145 e. The van der Waals surface area contributed by atoms with Crippen molar-refractivity contribution in [2.45, 2.75) is 43.4 Å². The van der Waals surface area contributed by atoms with Crippen LogP contribution in [0.3, 0.4) is 0 Å². The minimum Gasteiger partial charge on any atom is -0.379 e. The first-order chi connectivity index (χ1) is 16.1. The molecule has 3 aliphatic rings. The second-order valence-corrected chi connectivity index (χ2v) is 9.39. The SMILES string of the molecule is Cn1cc(C2(N)C=Cc3[nH]c4ncnc(N[C@H]5CC[C@H](N6CCOCC6)CC5)c4c3N2)cn1. The highest BCUT2D eigenvalue weighted by Crippen LogP contribution is 2.39. The third-order valence-corrected chi connectivity index (χ3v) is 7.25. The summed E-state index contributed by atoms with van der Waals surface area (Å²) >= 11 is 0. The van der Waals surface area contributed by atoms with E-state index in [9.17, 15) is 0 Å². The van der Waals surface area contributed by atoms with Gasteiger partial charge in [0.25, 0.3) is 0 Å². The van der Waals surface area contributed by atoms with E-state index < -0.39 is 5.66 Å². The molecule has 3 aromatic heterocycles. The Kier molecular flexibility index (Phi) is 5.08. The molecule has 0 aromatic carbocycles. The van der Waals surface area contributed by atoms with E-state index >= 15 is 0 Å². The summed E-state index contributed by atoms with van der Waals surface area (Å²) in [6.07, 6.45) is 14.0. The van der Waals surface area contributed by atoms with Gasteiger partial charge in [-0.2, -0.15) is 5.10 Å². The van der Waals surface area contributed by atoms with Gasteiger partial charge in [0.1, 0.15) is 23.5 Å². The first-order valence-corrected chi connectivity index (χ1v) is 11.8. The van der Waals surface area contributed by atoms with Crippen LogP contribution in [0.2, 0.25) is 0 Å². The molecule has 33 heavy (non-hydrogen) atoms. The zero-order chi connectivity index (χ0) is 22.4. The molecule has 0 radical (unpaired) electrons. The fourth-order valence-corrected chi connectivity index (χ4v) is 5.39. The van der Waals surface area contributed by atoms with Crippen molar-refractivity contribution >= 4 is 28.6 Å². The number of nitrogens with zero attached hydrogens (tertiary/aromatic N) is 5. The minimum atomic E-state index is -0.848. The molecular formula is C23H31N9O. The third kappa shape index (κ3) is 3.77. The summed E-state index contributed by atoms with van der Waals surface area (Å²) < 4.78 is 7.28. The van der Waals surface area contributed by atoms with Crippen LogP contribution in [0.5, 0.6) is 0 Å². The van der Waals surface area contributed by atoms with Gasteiger partial charge in [-0.3, -0.25) is 9.58 Å². The Hall–Kier alpha value is -2.95. The number of H-pyrrole nitrogens is 1. The van der Waals surface area contributed by atoms with Crippen LogP contribution in [0.25, 0.3) is 17.1 Å². The average molecular weight is 450 g/mol. The van der Waals surface area contributed by atoms with Crippen molar-refractivity contribution < 1.29 is 4.74 Å². The fraction of sp³-hybridized carbons (Fsp3) is 0.522. The smallest absolute Gasteiger partial charge is 0.145 e. The predicted molar refractivity (Wildman–Crippen MR) is 128 cm³/mol. The topological polar surface area (TPSA) is 122 Å². The molecule has 10 heteroatoms. The van der Waals surface area contributed by atoms with E-state index in [0.29, 0.717) is 12.1 Å². The van der Waals surface area contributed by atoms with Crippen molar-refractivity contribution in [3.63, 3.8) is 0 Å². The van der Waals surface area contributed by atoms with E-state index in [2.05, 4.69) is 35.6 Å². The third-order valence-electron chi connectivity index (χ3n) is 7.25. The highest BCUT2D eigenvalue weighted by molar-refractivity contribution is 6.03. The molecule has 10 nitrogen and oxygen atoms in total. The number of anilines is 2. The Bertz CT molecular complexity index is 1170. The molecule has 0 bridgehead atoms. The summed E-state index contributed by atoms with van der Waals surface area (Å²) in [5.74, 6) is 0.851. The molecule has 0 amide bonds. The van der Waals surface area contributed by atoms with Crippen LogP contribution < -0.4 is 16.4 Å². The van der Waals surface area contributed by atoms with Gasteiger partial charge < -0.3 is 26.1 Å². The van der Waals surface area contributed by atoms with E-state index in [0.717, 1.165) is 72.9 Å². The van der Waals surface area contributed by atoms with Gasteiger partial charge in [0.05, 0.1) is 36.2 Å². The summed E-state index contributed by atoms with van der Waals surface area (Å²) in [6, 6.07) is 1.06. The van der Waals surface area contributed by atoms with Crippen molar-refractivity contribution in [2.75, 3.05) is 36.9 Å². The maximum atomic E-state index is 6.74. The number of ether oxygens (including phenoxy) is 1. The zero-order valence-electron chi connectivity index (χ0n) is 18.9. The quantitative estimate of drug-likeness (QED) is 0.477. The van der Waals surface area contributed by atoms with Gasteiger partial charge in [0.15, 0.2) is 0 Å². The number of nitrogens with one attached hydrogen (secondary N) is 3. The molecule has 1 unspecified atom stereocenters. The predicted octanol–water partition coefficient (Wildman–Crippen LogP) is 2.00. The number of aromatic nitrogens is 5. The molecule has 1 saturated heterocycles. The minimum absolute atomic E-state index is 0.394. The van der Waals surface area contributed by atoms with Gasteiger partial charge in [0, 0.05) is 44.0 Å². The first-order valence-electron chi connectivity index (χ1n) is 11.8. The van der Waals surface area contributed by atoms with E-state index in [1.807, 2.05) is 25.4 Å². The van der Waals surface area contributed by atoms with E-state index in [4.69, 9.17) is 10.5 Å². The van der Waals surface area contributed by atoms with E-state index in [-0.39, 0.29) is 0 Å². The van der Waals surface area contributed by atoms with E-state index in [1.54, 1.807) is 17.2 Å². The lowest BCUT2D eigenvalue weighted by Crippen LogP contribution is -2.46. The van der Waals surface area contributed by atoms with Gasteiger partial charge in [-0.05, 0) is 37.8 Å². The maximum absolute atomic E-state index is 6.74. The largest absolute Gasteiger partial charge is 0.379 e. The normalized spacial score (nSPS) is 27.9. The molecule has 1 atom stereocenters. The van der Waals surface area contributed by atoms with Gasteiger partial charge in [-0.15, -0.1) is 0 Å². The first kappa shape index (κ1) is 20.6. The van der Waals surface area contributed by atoms with Crippen molar-refractivity contribution in [1.29, 1.82) is 0 Å². The van der Waals surface area contributed by atoms with E-state index in [1.165, 1.54) is 12.8 Å². The van der Waals surface area contributed by atoms with Crippen molar-refractivity contribution in [3.8, 4) is 0 Å². The molecular weight excluding hydrogens is 418 g/mol. The number of hydrogen-bond donors (Lipinski definition) is 4. The molecule has 5 N–H and O–H groups in total. The van der Waals surface area contributed by atoms with Crippen molar-refractivity contribution in [2.24, 2.45) is 12.8 Å². The summed E-state index contributed by atoms with van der Waals surface area (Å²) in [6.45, 7) is 3.83. The molecule has 5 heterocycles. The lowest BCUT2D eigenvalue weighted by Gasteiger charge is -2.39. The van der Waals surface area contributed by atoms with Crippen molar-refractivity contribution in [1.82, 2.24) is 29.6 Å². The Balaban J connectivity index is 1.23. The number of morpholine rings is 1. The lowest BCUT2D eigenvalue weighted by molar-refractivity contribution is 0.00791. The highest BCUT2D eigenvalue weighted by Gasteiger charge is 2.33. The Labute approximate surface area is 192 Å². The number of rotatable bonds is 4. The molecule has 6 rings (SSSR count). The van der Waals surface area contributed by atoms with Gasteiger partial charge in [0.2, 0.25) is 0 Å². The molecule has 2 aliphatic heterocycles. The number of aryl methyl sites for hydroxylation is 1. The Morgan fingerprint density at radius 3 is 2.76 bits per heavy atom. The van der Waals surface area contributed by atoms with Gasteiger partial charge in [-0.25, -0.2) is 9.97 Å². The summed E-state index contributed by atoms with van der Waals surface area (Å²) in [5, 5.41) is 12.5. The second-order valence-electron chi connectivity index (χ2n) is 9.39. The number of hydrogen-bond acceptors (Lipinski definition) is 8. The summed E-state index contributed by atoms with van der Waals surface area (Å²) in [5.41, 5.74) is 9.46. The van der Waals surface area contributed by atoms with Gasteiger partial charge >= 0.3 is 0 Å². The molecule has 174 valence electrons. The zero-order valence-corrected chi connectivity index (χ0v) is 18.9. The highest BCUT2D eigenvalue weighted by atomic mass is 16.5. The lowest BCUT2D eigenvalue weighted by atomic mass is 9.90. The standard InChI is InChI=1S/C23H31N9O/c1-31-13-15(12-27-31)23(24)7-6-18-20(30-23)19-21(25-14-26-22(19)29-18)28-16-2-4-17(5-3-16)32-8-10-33-11-9-32/h6-7,12-14,16-17,30H,2-5,8-11,24H2,1H3,(H2,25,26,28,29)/t16-,17-,23?. The number of nitrogens with two attached hydrogens (primary N) is 1. The van der Waals surface area contributed by atoms with Crippen LogP contribution >= 0.6 is 0 Å². The summed E-state index contributed by atoms with van der Waals surface area (Å²) in [7, 11) is 1.89.